The van der Waals surface area contributed by atoms with Crippen molar-refractivity contribution in [3.63, 3.8) is 0 Å². The van der Waals surface area contributed by atoms with E-state index >= 15 is 0 Å². The average molecular weight is 358 g/mol. The molecule has 0 unspecified atom stereocenters. The van der Waals surface area contributed by atoms with Crippen molar-refractivity contribution in [3.05, 3.63) is 40.8 Å². The fourth-order valence-corrected chi connectivity index (χ4v) is 2.76. The maximum atomic E-state index is 13.0. The van der Waals surface area contributed by atoms with Crippen LogP contribution in [-0.2, 0) is 0 Å². The number of hydrogen-bond acceptors (Lipinski definition) is 7. The number of aromatic hydroxyl groups is 1. The van der Waals surface area contributed by atoms with Crippen LogP contribution in [0.1, 0.15) is 0 Å². The van der Waals surface area contributed by atoms with E-state index in [1.54, 1.807) is 18.2 Å². The van der Waals surface area contributed by atoms with E-state index in [1.807, 2.05) is 0 Å². The van der Waals surface area contributed by atoms with Gasteiger partial charge in [0.2, 0.25) is 16.9 Å². The minimum atomic E-state index is -0.296. The highest BCUT2D eigenvalue weighted by Crippen LogP contribution is 2.42. The van der Waals surface area contributed by atoms with Crippen molar-refractivity contribution in [2.45, 2.75) is 0 Å². The van der Waals surface area contributed by atoms with Crippen LogP contribution in [0.15, 0.2) is 39.7 Å². The Hall–Kier alpha value is -3.35. The van der Waals surface area contributed by atoms with Gasteiger partial charge >= 0.3 is 0 Å². The molecule has 0 bridgehead atoms. The summed E-state index contributed by atoms with van der Waals surface area (Å²) in [4.78, 5) is 13.0. The van der Waals surface area contributed by atoms with E-state index in [1.165, 1.54) is 40.8 Å². The van der Waals surface area contributed by atoms with Crippen molar-refractivity contribution in [1.29, 1.82) is 0 Å². The van der Waals surface area contributed by atoms with E-state index in [4.69, 9.17) is 23.4 Å². The number of rotatable bonds is 5. The SMILES string of the molecule is COc1ccc(-c2coc3c(OC)c(O)c(OC)cc3c2=O)cc1OC. The van der Waals surface area contributed by atoms with Gasteiger partial charge in [0.15, 0.2) is 22.8 Å². The Morgan fingerprint density at radius 1 is 0.885 bits per heavy atom. The maximum absolute atomic E-state index is 13.0. The lowest BCUT2D eigenvalue weighted by Crippen LogP contribution is -2.06. The van der Waals surface area contributed by atoms with E-state index in [0.29, 0.717) is 22.6 Å². The lowest BCUT2D eigenvalue weighted by molar-refractivity contribution is 0.339. The van der Waals surface area contributed by atoms with Gasteiger partial charge in [0.1, 0.15) is 6.26 Å². The third-order valence-electron chi connectivity index (χ3n) is 4.08. The Labute approximate surface area is 149 Å². The topological polar surface area (TPSA) is 87.4 Å². The molecule has 1 N–H and O–H groups in total. The summed E-state index contributed by atoms with van der Waals surface area (Å²) in [5.74, 6) is 0.964. The molecule has 0 aliphatic rings. The standard InChI is InChI=1S/C19H18O7/c1-22-13-6-5-10(7-14(13)23-2)12-9-26-18-11(16(12)20)8-15(24-3)17(21)19(18)25-4/h5-9,21H,1-4H3. The first-order valence-corrected chi connectivity index (χ1v) is 7.67. The van der Waals surface area contributed by atoms with Crippen LogP contribution in [0.5, 0.6) is 28.7 Å². The third kappa shape index (κ3) is 2.67. The molecular weight excluding hydrogens is 340 g/mol. The van der Waals surface area contributed by atoms with Gasteiger partial charge in [0, 0.05) is 0 Å². The molecule has 136 valence electrons. The second-order valence-electron chi connectivity index (χ2n) is 5.39. The summed E-state index contributed by atoms with van der Waals surface area (Å²) in [6, 6.07) is 6.54. The normalized spacial score (nSPS) is 10.6. The third-order valence-corrected chi connectivity index (χ3v) is 4.08. The lowest BCUT2D eigenvalue weighted by Gasteiger charge is -2.12. The second-order valence-corrected chi connectivity index (χ2v) is 5.39. The monoisotopic (exact) mass is 358 g/mol. The Morgan fingerprint density at radius 3 is 2.19 bits per heavy atom. The molecule has 0 saturated carbocycles. The van der Waals surface area contributed by atoms with Crippen LogP contribution in [0, 0.1) is 0 Å². The molecule has 7 nitrogen and oxygen atoms in total. The Morgan fingerprint density at radius 2 is 1.58 bits per heavy atom. The van der Waals surface area contributed by atoms with Crippen LogP contribution in [0.25, 0.3) is 22.1 Å². The lowest BCUT2D eigenvalue weighted by atomic mass is 10.0. The highest BCUT2D eigenvalue weighted by Gasteiger charge is 2.20. The molecule has 0 radical (unpaired) electrons. The summed E-state index contributed by atoms with van der Waals surface area (Å²) in [7, 11) is 5.81. The van der Waals surface area contributed by atoms with Gasteiger partial charge in [-0.1, -0.05) is 6.07 Å². The quantitative estimate of drug-likeness (QED) is 0.749. The summed E-state index contributed by atoms with van der Waals surface area (Å²) in [6.07, 6.45) is 1.32. The van der Waals surface area contributed by atoms with Gasteiger partial charge in [-0.25, -0.2) is 0 Å². The van der Waals surface area contributed by atoms with Gasteiger partial charge in [-0.15, -0.1) is 0 Å². The van der Waals surface area contributed by atoms with E-state index in [2.05, 4.69) is 0 Å². The number of hydrogen-bond donors (Lipinski definition) is 1. The summed E-state index contributed by atoms with van der Waals surface area (Å²) in [5.41, 5.74) is 0.771. The molecule has 0 saturated heterocycles. The number of ether oxygens (including phenoxy) is 4. The average Bonchev–Trinajstić information content (AvgIpc) is 2.67. The van der Waals surface area contributed by atoms with Gasteiger partial charge in [0.25, 0.3) is 0 Å². The smallest absolute Gasteiger partial charge is 0.208 e. The van der Waals surface area contributed by atoms with Crippen molar-refractivity contribution in [3.8, 4) is 39.9 Å². The fraction of sp³-hybridized carbons (Fsp3) is 0.211. The molecule has 0 atom stereocenters. The zero-order chi connectivity index (χ0) is 18.8. The van der Waals surface area contributed by atoms with Gasteiger partial charge in [0.05, 0.1) is 39.4 Å². The van der Waals surface area contributed by atoms with Crippen molar-refractivity contribution < 1.29 is 28.5 Å². The first-order chi connectivity index (χ1) is 12.5. The Bertz CT molecular complexity index is 1020. The highest BCUT2D eigenvalue weighted by atomic mass is 16.5. The molecular formula is C19H18O7. The van der Waals surface area contributed by atoms with Crippen molar-refractivity contribution in [1.82, 2.24) is 0 Å². The summed E-state index contributed by atoms with van der Waals surface area (Å²) in [6.45, 7) is 0. The Balaban J connectivity index is 2.28. The van der Waals surface area contributed by atoms with Crippen LogP contribution in [0.3, 0.4) is 0 Å². The van der Waals surface area contributed by atoms with Gasteiger partial charge in [-0.3, -0.25) is 4.79 Å². The van der Waals surface area contributed by atoms with Crippen molar-refractivity contribution in [2.75, 3.05) is 28.4 Å². The molecule has 0 amide bonds. The van der Waals surface area contributed by atoms with Crippen molar-refractivity contribution >= 4 is 11.0 Å². The molecule has 2 aromatic carbocycles. The van der Waals surface area contributed by atoms with Gasteiger partial charge in [-0.05, 0) is 23.8 Å². The fourth-order valence-electron chi connectivity index (χ4n) is 2.76. The molecule has 3 rings (SSSR count). The molecule has 1 heterocycles. The largest absolute Gasteiger partial charge is 0.502 e. The molecule has 26 heavy (non-hydrogen) atoms. The highest BCUT2D eigenvalue weighted by molar-refractivity contribution is 5.90. The maximum Gasteiger partial charge on any atom is 0.208 e. The molecule has 0 aliphatic heterocycles. The Kier molecular flexibility index (Phi) is 4.62. The molecule has 0 spiro atoms. The van der Waals surface area contributed by atoms with Crippen LogP contribution in [-0.4, -0.2) is 33.5 Å². The minimum absolute atomic E-state index is 0.0373. The molecule has 0 fully saturated rings. The predicted molar refractivity (Wildman–Crippen MR) is 95.8 cm³/mol. The first-order valence-electron chi connectivity index (χ1n) is 7.67. The summed E-state index contributed by atoms with van der Waals surface area (Å²) in [5, 5.41) is 10.4. The van der Waals surface area contributed by atoms with E-state index < -0.39 is 0 Å². The molecule has 0 aliphatic carbocycles. The molecule has 7 heteroatoms. The summed E-state index contributed by atoms with van der Waals surface area (Å²) >= 11 is 0. The second kappa shape index (κ2) is 6.87. The van der Waals surface area contributed by atoms with Gasteiger partial charge in [-0.2, -0.15) is 0 Å². The van der Waals surface area contributed by atoms with E-state index in [0.717, 1.165) is 0 Å². The van der Waals surface area contributed by atoms with Crippen LogP contribution in [0.2, 0.25) is 0 Å². The summed E-state index contributed by atoms with van der Waals surface area (Å²) < 4.78 is 26.4. The van der Waals surface area contributed by atoms with Crippen LogP contribution < -0.4 is 24.4 Å². The van der Waals surface area contributed by atoms with E-state index in [-0.39, 0.29) is 33.6 Å². The first kappa shape index (κ1) is 17.5. The molecule has 3 aromatic rings. The number of phenolic OH excluding ortho intramolecular Hbond substituents is 1. The number of fused-ring (bicyclic) bond motifs is 1. The molecule has 1 aromatic heterocycles. The minimum Gasteiger partial charge on any atom is -0.502 e. The van der Waals surface area contributed by atoms with Crippen LogP contribution >= 0.6 is 0 Å². The predicted octanol–water partition coefficient (Wildman–Crippen LogP) is 3.20. The number of methoxy groups -OCH3 is 4. The number of phenols is 1. The van der Waals surface area contributed by atoms with Crippen molar-refractivity contribution in [2.24, 2.45) is 0 Å². The zero-order valence-corrected chi connectivity index (χ0v) is 14.8. The van der Waals surface area contributed by atoms with E-state index in [9.17, 15) is 9.90 Å². The number of benzene rings is 2. The van der Waals surface area contributed by atoms with Crippen LogP contribution in [0.4, 0.5) is 0 Å². The van der Waals surface area contributed by atoms with Gasteiger partial charge < -0.3 is 28.5 Å². The zero-order valence-electron chi connectivity index (χ0n) is 14.8.